The van der Waals surface area contributed by atoms with E-state index in [9.17, 15) is 22.8 Å². The molecule has 0 radical (unpaired) electrons. The van der Waals surface area contributed by atoms with Crippen molar-refractivity contribution in [3.8, 4) is 5.69 Å². The summed E-state index contributed by atoms with van der Waals surface area (Å²) in [6.07, 6.45) is -3.04. The van der Waals surface area contributed by atoms with Crippen LogP contribution < -0.4 is 5.32 Å². The minimum Gasteiger partial charge on any atom is -0.328 e. The molecule has 31 heavy (non-hydrogen) atoms. The Morgan fingerprint density at radius 3 is 2.52 bits per heavy atom. The second-order valence-electron chi connectivity index (χ2n) is 7.00. The van der Waals surface area contributed by atoms with Crippen molar-refractivity contribution >= 4 is 29.1 Å². The zero-order valence-corrected chi connectivity index (χ0v) is 16.7. The molecule has 160 valence electrons. The number of anilines is 1. The lowest BCUT2D eigenvalue weighted by molar-refractivity contribution is -0.137. The molecule has 0 unspecified atom stereocenters. The van der Waals surface area contributed by atoms with Gasteiger partial charge in [0.25, 0.3) is 5.91 Å². The Hall–Kier alpha value is -3.33. The van der Waals surface area contributed by atoms with Gasteiger partial charge in [0.15, 0.2) is 0 Å². The maximum atomic E-state index is 13.3. The molecule has 10 heteroatoms. The van der Waals surface area contributed by atoms with Crippen LogP contribution in [0.1, 0.15) is 27.2 Å². The molecular weight excluding hydrogens is 433 g/mol. The third-order valence-corrected chi connectivity index (χ3v) is 5.10. The summed E-state index contributed by atoms with van der Waals surface area (Å²) >= 11 is 5.42. The third kappa shape index (κ3) is 4.27. The molecule has 0 saturated carbocycles. The molecule has 2 aromatic carbocycles. The van der Waals surface area contributed by atoms with Gasteiger partial charge in [0.05, 0.1) is 29.7 Å². The molecule has 0 atom stereocenters. The molecule has 1 N–H and O–H groups in total. The zero-order chi connectivity index (χ0) is 22.2. The van der Waals surface area contributed by atoms with Crippen molar-refractivity contribution in [2.45, 2.75) is 19.3 Å². The van der Waals surface area contributed by atoms with Gasteiger partial charge in [0, 0.05) is 23.4 Å². The van der Waals surface area contributed by atoms with Crippen LogP contribution in [0.2, 0.25) is 0 Å². The van der Waals surface area contributed by atoms with Crippen LogP contribution >= 0.6 is 11.6 Å². The summed E-state index contributed by atoms with van der Waals surface area (Å²) in [4.78, 5) is 26.0. The van der Waals surface area contributed by atoms with E-state index in [1.807, 2.05) is 30.3 Å². The predicted octanol–water partition coefficient (Wildman–Crippen LogP) is 4.22. The average molecular weight is 449 g/mol. The first-order valence-electron chi connectivity index (χ1n) is 9.25. The number of carbonyl (C=O) groups excluding carboxylic acids is 2. The van der Waals surface area contributed by atoms with Crippen molar-refractivity contribution in [3.63, 3.8) is 0 Å². The highest BCUT2D eigenvalue weighted by Crippen LogP contribution is 2.33. The Kier molecular flexibility index (Phi) is 5.45. The fraction of sp³-hybridized carbons (Fsp3) is 0.190. The minimum atomic E-state index is -4.68. The molecule has 3 aromatic rings. The summed E-state index contributed by atoms with van der Waals surface area (Å²) < 4.78 is 41.7. The van der Waals surface area contributed by atoms with Crippen LogP contribution in [0.25, 0.3) is 5.69 Å². The van der Waals surface area contributed by atoms with Crippen molar-refractivity contribution in [2.75, 3.05) is 11.2 Å². The van der Waals surface area contributed by atoms with E-state index >= 15 is 0 Å². The van der Waals surface area contributed by atoms with E-state index < -0.39 is 29.4 Å². The van der Waals surface area contributed by atoms with Gasteiger partial charge in [0.1, 0.15) is 5.88 Å². The summed E-state index contributed by atoms with van der Waals surface area (Å²) in [5.74, 6) is -1.67. The second kappa shape index (κ2) is 8.07. The summed E-state index contributed by atoms with van der Waals surface area (Å²) in [6, 6.07) is 12.1. The van der Waals surface area contributed by atoms with E-state index in [4.69, 9.17) is 11.6 Å². The van der Waals surface area contributed by atoms with Gasteiger partial charge in [-0.3, -0.25) is 9.59 Å². The molecule has 0 fully saturated rings. The highest BCUT2D eigenvalue weighted by molar-refractivity contribution is 6.29. The van der Waals surface area contributed by atoms with Gasteiger partial charge in [0.2, 0.25) is 5.91 Å². The molecule has 2 amide bonds. The number of para-hydroxylation sites is 1. The number of fused-ring (bicyclic) bond motifs is 1. The zero-order valence-electron chi connectivity index (χ0n) is 16.0. The summed E-state index contributed by atoms with van der Waals surface area (Å²) in [6.45, 7) is 0.420. The van der Waals surface area contributed by atoms with Crippen molar-refractivity contribution in [1.82, 2.24) is 14.7 Å². The first-order chi connectivity index (χ1) is 14.8. The molecule has 4 rings (SSSR count). The fourth-order valence-corrected chi connectivity index (χ4v) is 3.52. The Bertz CT molecular complexity index is 1150. The lowest BCUT2D eigenvalue weighted by atomic mass is 10.1. The number of benzene rings is 2. The van der Waals surface area contributed by atoms with Gasteiger partial charge >= 0.3 is 6.18 Å². The topological polar surface area (TPSA) is 67.2 Å². The van der Waals surface area contributed by atoms with Crippen LogP contribution in [-0.4, -0.2) is 32.4 Å². The van der Waals surface area contributed by atoms with Gasteiger partial charge in [-0.15, -0.1) is 11.6 Å². The number of hydrogen-bond acceptors (Lipinski definition) is 3. The molecule has 0 saturated heterocycles. The summed E-state index contributed by atoms with van der Waals surface area (Å²) in [5.41, 5.74) is 1.08. The molecular formula is C21H16ClF3N4O2. The predicted molar refractivity (Wildman–Crippen MR) is 108 cm³/mol. The number of hydrogen-bond donors (Lipinski definition) is 1. The summed E-state index contributed by atoms with van der Waals surface area (Å²) in [5, 5.41) is 6.62. The summed E-state index contributed by atoms with van der Waals surface area (Å²) in [7, 11) is 0. The number of nitrogens with zero attached hydrogens (tertiary/aromatic N) is 3. The van der Waals surface area contributed by atoms with E-state index in [0.717, 1.165) is 29.1 Å². The van der Waals surface area contributed by atoms with Crippen molar-refractivity contribution in [3.05, 3.63) is 77.1 Å². The monoisotopic (exact) mass is 448 g/mol. The van der Waals surface area contributed by atoms with Crippen molar-refractivity contribution in [2.24, 2.45) is 0 Å². The quantitative estimate of drug-likeness (QED) is 0.607. The first kappa shape index (κ1) is 20.9. The van der Waals surface area contributed by atoms with Gasteiger partial charge in [-0.2, -0.15) is 18.3 Å². The largest absolute Gasteiger partial charge is 0.416 e. The molecule has 1 aromatic heterocycles. The Labute approximate surface area is 180 Å². The smallest absolute Gasteiger partial charge is 0.328 e. The molecule has 6 nitrogen and oxygen atoms in total. The highest BCUT2D eigenvalue weighted by Gasteiger charge is 2.34. The highest BCUT2D eigenvalue weighted by atomic mass is 35.5. The van der Waals surface area contributed by atoms with Gasteiger partial charge in [-0.25, -0.2) is 4.68 Å². The number of nitrogens with one attached hydrogen (secondary N) is 1. The molecule has 1 aliphatic heterocycles. The van der Waals surface area contributed by atoms with Crippen LogP contribution in [0.4, 0.5) is 18.9 Å². The van der Waals surface area contributed by atoms with Crippen LogP contribution in [0.15, 0.2) is 54.7 Å². The third-order valence-electron chi connectivity index (χ3n) is 4.86. The van der Waals surface area contributed by atoms with E-state index in [2.05, 4.69) is 10.4 Å². The number of carbonyl (C=O) groups is 2. The second-order valence-corrected chi connectivity index (χ2v) is 7.27. The van der Waals surface area contributed by atoms with E-state index in [-0.39, 0.29) is 24.3 Å². The van der Waals surface area contributed by atoms with E-state index in [1.54, 1.807) is 10.9 Å². The normalized spacial score (nSPS) is 13.2. The van der Waals surface area contributed by atoms with Gasteiger partial charge in [-0.05, 0) is 30.3 Å². The number of alkyl halides is 4. The molecule has 0 aliphatic carbocycles. The number of aromatic nitrogens is 2. The SMILES string of the molecule is O=C(CCl)Nc1cc(C(=O)N2Cc3cnn(-c4ccccc4)c3C2)cc(C(F)(F)F)c1. The van der Waals surface area contributed by atoms with Crippen molar-refractivity contribution < 1.29 is 22.8 Å². The number of halogens is 4. The molecule has 2 heterocycles. The number of rotatable bonds is 4. The maximum absolute atomic E-state index is 13.3. The lowest BCUT2D eigenvalue weighted by Crippen LogP contribution is -2.27. The minimum absolute atomic E-state index is 0.143. The van der Waals surface area contributed by atoms with Crippen LogP contribution in [0.3, 0.4) is 0 Å². The Morgan fingerprint density at radius 2 is 1.84 bits per heavy atom. The fourth-order valence-electron chi connectivity index (χ4n) is 3.45. The van der Waals surface area contributed by atoms with Crippen molar-refractivity contribution in [1.29, 1.82) is 0 Å². The maximum Gasteiger partial charge on any atom is 0.416 e. The van der Waals surface area contributed by atoms with E-state index in [0.29, 0.717) is 0 Å². The molecule has 0 bridgehead atoms. The van der Waals surface area contributed by atoms with Gasteiger partial charge in [-0.1, -0.05) is 18.2 Å². The van der Waals surface area contributed by atoms with Crippen LogP contribution in [-0.2, 0) is 24.1 Å². The van der Waals surface area contributed by atoms with E-state index in [1.165, 1.54) is 11.0 Å². The number of amides is 2. The standard InChI is InChI=1S/C21H16ClF3N4O2/c22-9-19(30)27-16-7-13(6-15(8-16)21(23,24)25)20(31)28-11-14-10-26-29(18(14)12-28)17-4-2-1-3-5-17/h1-8,10H,9,11-12H2,(H,27,30). The Balaban J connectivity index is 1.63. The lowest BCUT2D eigenvalue weighted by Gasteiger charge is -2.18. The van der Waals surface area contributed by atoms with Crippen LogP contribution in [0.5, 0.6) is 0 Å². The van der Waals surface area contributed by atoms with Crippen LogP contribution in [0, 0.1) is 0 Å². The first-order valence-corrected chi connectivity index (χ1v) is 9.78. The average Bonchev–Trinajstić information content (AvgIpc) is 3.33. The molecule has 1 aliphatic rings. The van der Waals surface area contributed by atoms with Gasteiger partial charge < -0.3 is 10.2 Å². The Morgan fingerprint density at radius 1 is 1.10 bits per heavy atom. The molecule has 0 spiro atoms.